The van der Waals surface area contributed by atoms with Crippen LogP contribution >= 0.6 is 0 Å². The zero-order chi connectivity index (χ0) is 9.68. The molecule has 1 saturated heterocycles. The Labute approximate surface area is 81.1 Å². The zero-order valence-electron chi connectivity index (χ0n) is 8.79. The van der Waals surface area contributed by atoms with E-state index in [9.17, 15) is 0 Å². The van der Waals surface area contributed by atoms with Crippen LogP contribution < -0.4 is 5.32 Å². The van der Waals surface area contributed by atoms with Crippen LogP contribution in [0.25, 0.3) is 0 Å². The zero-order valence-corrected chi connectivity index (χ0v) is 8.79. The van der Waals surface area contributed by atoms with Gasteiger partial charge in [-0.15, -0.1) is 0 Å². The van der Waals surface area contributed by atoms with Gasteiger partial charge in [0.05, 0.1) is 6.61 Å². The van der Waals surface area contributed by atoms with Gasteiger partial charge in [-0.05, 0) is 45.8 Å². The Hall–Kier alpha value is -0.120. The first-order valence-corrected chi connectivity index (χ1v) is 5.26. The standard InChI is InChI=1S/C10H22N2O/c1-9(8-13)12(2)7-10-4-3-5-11-6-10/h9-11,13H,3-8H2,1-2H3. The number of hydrogen-bond acceptors (Lipinski definition) is 3. The summed E-state index contributed by atoms with van der Waals surface area (Å²) in [6.45, 7) is 5.75. The van der Waals surface area contributed by atoms with E-state index < -0.39 is 0 Å². The van der Waals surface area contributed by atoms with Crippen LogP contribution in [-0.4, -0.2) is 49.3 Å². The maximum Gasteiger partial charge on any atom is 0.0584 e. The Morgan fingerprint density at radius 1 is 1.62 bits per heavy atom. The summed E-state index contributed by atoms with van der Waals surface area (Å²) in [6.07, 6.45) is 2.63. The van der Waals surface area contributed by atoms with Crippen LogP contribution in [-0.2, 0) is 0 Å². The average Bonchev–Trinajstić information content (AvgIpc) is 2.18. The van der Waals surface area contributed by atoms with Crippen molar-refractivity contribution in [3.8, 4) is 0 Å². The fraction of sp³-hybridized carbons (Fsp3) is 1.00. The largest absolute Gasteiger partial charge is 0.395 e. The second-order valence-corrected chi connectivity index (χ2v) is 4.18. The molecule has 0 aromatic rings. The topological polar surface area (TPSA) is 35.5 Å². The Morgan fingerprint density at radius 3 is 2.92 bits per heavy atom. The molecule has 1 fully saturated rings. The maximum absolute atomic E-state index is 8.98. The SMILES string of the molecule is CC(CO)N(C)CC1CCCNC1. The third-order valence-corrected chi connectivity index (χ3v) is 2.96. The number of nitrogens with one attached hydrogen (secondary N) is 1. The number of rotatable bonds is 4. The first kappa shape index (κ1) is 11.0. The van der Waals surface area contributed by atoms with E-state index in [1.807, 2.05) is 0 Å². The van der Waals surface area contributed by atoms with Gasteiger partial charge in [-0.2, -0.15) is 0 Å². The second kappa shape index (κ2) is 5.58. The highest BCUT2D eigenvalue weighted by Crippen LogP contribution is 2.11. The molecule has 78 valence electrons. The van der Waals surface area contributed by atoms with E-state index in [4.69, 9.17) is 5.11 Å². The molecule has 0 spiro atoms. The summed E-state index contributed by atoms with van der Waals surface area (Å²) in [7, 11) is 2.09. The summed E-state index contributed by atoms with van der Waals surface area (Å²) in [5.41, 5.74) is 0. The molecular formula is C10H22N2O. The summed E-state index contributed by atoms with van der Waals surface area (Å²) in [6, 6.07) is 0.293. The van der Waals surface area contributed by atoms with Crippen molar-refractivity contribution in [3.63, 3.8) is 0 Å². The summed E-state index contributed by atoms with van der Waals surface area (Å²) >= 11 is 0. The molecule has 0 aromatic carbocycles. The Kier molecular flexibility index (Phi) is 4.70. The highest BCUT2D eigenvalue weighted by atomic mass is 16.3. The second-order valence-electron chi connectivity index (χ2n) is 4.18. The third-order valence-electron chi connectivity index (χ3n) is 2.96. The first-order chi connectivity index (χ1) is 6.24. The van der Waals surface area contributed by atoms with Crippen molar-refractivity contribution in [1.29, 1.82) is 0 Å². The lowest BCUT2D eigenvalue weighted by atomic mass is 9.99. The van der Waals surface area contributed by atoms with Gasteiger partial charge >= 0.3 is 0 Å². The molecule has 1 aliphatic heterocycles. The molecule has 1 aliphatic rings. The van der Waals surface area contributed by atoms with Gasteiger partial charge in [0.1, 0.15) is 0 Å². The molecule has 3 heteroatoms. The van der Waals surface area contributed by atoms with Gasteiger partial charge < -0.3 is 15.3 Å². The van der Waals surface area contributed by atoms with E-state index in [2.05, 4.69) is 24.2 Å². The van der Waals surface area contributed by atoms with Crippen molar-refractivity contribution in [2.24, 2.45) is 5.92 Å². The molecule has 1 rings (SSSR count). The van der Waals surface area contributed by atoms with Crippen LogP contribution in [0.5, 0.6) is 0 Å². The van der Waals surface area contributed by atoms with Crippen LogP contribution in [0.2, 0.25) is 0 Å². The minimum atomic E-state index is 0.261. The molecule has 0 bridgehead atoms. The van der Waals surface area contributed by atoms with E-state index >= 15 is 0 Å². The van der Waals surface area contributed by atoms with E-state index in [-0.39, 0.29) is 6.61 Å². The molecular weight excluding hydrogens is 164 g/mol. The van der Waals surface area contributed by atoms with Crippen molar-refractivity contribution in [1.82, 2.24) is 10.2 Å². The number of aliphatic hydroxyl groups excluding tert-OH is 1. The van der Waals surface area contributed by atoms with Crippen molar-refractivity contribution in [2.45, 2.75) is 25.8 Å². The van der Waals surface area contributed by atoms with Gasteiger partial charge in [0.2, 0.25) is 0 Å². The fourth-order valence-electron chi connectivity index (χ4n) is 1.81. The first-order valence-electron chi connectivity index (χ1n) is 5.26. The summed E-state index contributed by atoms with van der Waals surface area (Å²) in [4.78, 5) is 2.25. The monoisotopic (exact) mass is 186 g/mol. The molecule has 1 heterocycles. The lowest BCUT2D eigenvalue weighted by Gasteiger charge is -2.30. The lowest BCUT2D eigenvalue weighted by Crippen LogP contribution is -2.41. The van der Waals surface area contributed by atoms with Gasteiger partial charge in [-0.25, -0.2) is 0 Å². The van der Waals surface area contributed by atoms with Crippen molar-refractivity contribution >= 4 is 0 Å². The number of piperidine rings is 1. The molecule has 2 atom stereocenters. The molecule has 0 radical (unpaired) electrons. The molecule has 0 amide bonds. The fourth-order valence-corrected chi connectivity index (χ4v) is 1.81. The normalized spacial score (nSPS) is 26.3. The molecule has 2 N–H and O–H groups in total. The predicted molar refractivity (Wildman–Crippen MR) is 54.8 cm³/mol. The Balaban J connectivity index is 2.21. The molecule has 13 heavy (non-hydrogen) atoms. The van der Waals surface area contributed by atoms with Crippen LogP contribution in [0, 0.1) is 5.92 Å². The van der Waals surface area contributed by atoms with Crippen molar-refractivity contribution < 1.29 is 5.11 Å². The number of aliphatic hydroxyl groups is 1. The van der Waals surface area contributed by atoms with Crippen LogP contribution in [0.15, 0.2) is 0 Å². The highest BCUT2D eigenvalue weighted by Gasteiger charge is 2.17. The van der Waals surface area contributed by atoms with Gasteiger partial charge in [0.25, 0.3) is 0 Å². The van der Waals surface area contributed by atoms with Crippen molar-refractivity contribution in [2.75, 3.05) is 33.3 Å². The maximum atomic E-state index is 8.98. The van der Waals surface area contributed by atoms with E-state index in [1.165, 1.54) is 19.4 Å². The van der Waals surface area contributed by atoms with Crippen molar-refractivity contribution in [3.05, 3.63) is 0 Å². The third kappa shape index (κ3) is 3.63. The van der Waals surface area contributed by atoms with Crippen LogP contribution in [0.1, 0.15) is 19.8 Å². The van der Waals surface area contributed by atoms with E-state index in [0.717, 1.165) is 19.0 Å². The quantitative estimate of drug-likeness (QED) is 0.663. The lowest BCUT2D eigenvalue weighted by molar-refractivity contribution is 0.135. The molecule has 0 aliphatic carbocycles. The Bertz CT molecular complexity index is 135. The highest BCUT2D eigenvalue weighted by molar-refractivity contribution is 4.73. The minimum absolute atomic E-state index is 0.261. The number of hydrogen-bond donors (Lipinski definition) is 2. The smallest absolute Gasteiger partial charge is 0.0584 e. The molecule has 2 unspecified atom stereocenters. The van der Waals surface area contributed by atoms with Gasteiger partial charge in [-0.3, -0.25) is 0 Å². The van der Waals surface area contributed by atoms with Crippen LogP contribution in [0.3, 0.4) is 0 Å². The Morgan fingerprint density at radius 2 is 2.38 bits per heavy atom. The van der Waals surface area contributed by atoms with E-state index in [0.29, 0.717) is 6.04 Å². The average molecular weight is 186 g/mol. The predicted octanol–water partition coefficient (Wildman–Crippen LogP) is 0.299. The van der Waals surface area contributed by atoms with Gasteiger partial charge in [0, 0.05) is 12.6 Å². The van der Waals surface area contributed by atoms with E-state index in [1.54, 1.807) is 0 Å². The summed E-state index contributed by atoms with van der Waals surface area (Å²) < 4.78 is 0. The van der Waals surface area contributed by atoms with Crippen LogP contribution in [0.4, 0.5) is 0 Å². The van der Waals surface area contributed by atoms with Gasteiger partial charge in [-0.1, -0.05) is 0 Å². The minimum Gasteiger partial charge on any atom is -0.395 e. The van der Waals surface area contributed by atoms with Gasteiger partial charge in [0.15, 0.2) is 0 Å². The summed E-state index contributed by atoms with van der Waals surface area (Å²) in [5, 5.41) is 12.4. The molecule has 3 nitrogen and oxygen atoms in total. The number of nitrogens with zero attached hydrogens (tertiary/aromatic N) is 1. The molecule has 0 saturated carbocycles. The molecule has 0 aromatic heterocycles. The number of likely N-dealkylation sites (N-methyl/N-ethyl adjacent to an activating group) is 1. The summed E-state index contributed by atoms with van der Waals surface area (Å²) in [5.74, 6) is 0.771.